The molecule has 5 rings (SSSR count). The molecule has 2 atom stereocenters. The summed E-state index contributed by atoms with van der Waals surface area (Å²) in [6, 6.07) is 16.4. The van der Waals surface area contributed by atoms with Crippen molar-refractivity contribution in [3.63, 3.8) is 0 Å². The molecule has 11 heteroatoms. The molecule has 3 aromatic carbocycles. The van der Waals surface area contributed by atoms with Gasteiger partial charge in [0.2, 0.25) is 0 Å². The Morgan fingerprint density at radius 3 is 2.59 bits per heavy atom. The zero-order chi connectivity index (χ0) is 29.5. The summed E-state index contributed by atoms with van der Waals surface area (Å²) in [6.07, 6.45) is 1.85. The minimum absolute atomic E-state index is 0.0168. The van der Waals surface area contributed by atoms with Crippen molar-refractivity contribution in [2.45, 2.75) is 30.3 Å². The van der Waals surface area contributed by atoms with E-state index in [1.165, 1.54) is 6.26 Å². The summed E-state index contributed by atoms with van der Waals surface area (Å²) < 4.78 is 12.3. The van der Waals surface area contributed by atoms with Crippen LogP contribution in [-0.2, 0) is 33.7 Å². The predicted molar refractivity (Wildman–Crippen MR) is 162 cm³/mol. The van der Waals surface area contributed by atoms with Gasteiger partial charge in [0.25, 0.3) is 11.8 Å². The maximum atomic E-state index is 13.3. The highest BCUT2D eigenvalue weighted by Gasteiger charge is 2.30. The average Bonchev–Trinajstić information content (AvgIpc) is 3.36. The Morgan fingerprint density at radius 1 is 1.12 bits per heavy atom. The van der Waals surface area contributed by atoms with E-state index in [0.717, 1.165) is 16.5 Å². The first kappa shape index (κ1) is 28.7. The van der Waals surface area contributed by atoms with Crippen molar-refractivity contribution in [3.05, 3.63) is 98.7 Å². The van der Waals surface area contributed by atoms with Crippen LogP contribution in [0.1, 0.15) is 37.5 Å². The molecule has 4 aromatic rings. The lowest BCUT2D eigenvalue weighted by atomic mass is 9.96. The number of aliphatic carboxylic acids is 1. The minimum Gasteiger partial charge on any atom is -0.480 e. The van der Waals surface area contributed by atoms with Crippen molar-refractivity contribution in [2.75, 3.05) is 12.8 Å². The molecular weight excluding hydrogens is 585 g/mol. The van der Waals surface area contributed by atoms with Crippen LogP contribution in [0.5, 0.6) is 0 Å². The Morgan fingerprint density at radius 2 is 1.88 bits per heavy atom. The summed E-state index contributed by atoms with van der Waals surface area (Å²) in [6.45, 7) is 0.635. The van der Waals surface area contributed by atoms with E-state index in [-0.39, 0.29) is 34.5 Å². The smallest absolute Gasteiger partial charge is 0.326 e. The number of halogens is 2. The van der Waals surface area contributed by atoms with E-state index in [2.05, 4.69) is 16.2 Å². The second-order valence-corrected chi connectivity index (χ2v) is 13.4. The number of hydrogen-bond donors (Lipinski definition) is 3. The maximum absolute atomic E-state index is 13.3. The van der Waals surface area contributed by atoms with Crippen molar-refractivity contribution in [3.8, 4) is 0 Å². The zero-order valence-electron chi connectivity index (χ0n) is 22.1. The number of aromatic nitrogens is 1. The lowest BCUT2D eigenvalue weighted by Gasteiger charge is -2.30. The van der Waals surface area contributed by atoms with Gasteiger partial charge in [-0.15, -0.1) is 0 Å². The Hall–Kier alpha value is -3.79. The Labute approximate surface area is 247 Å². The summed E-state index contributed by atoms with van der Waals surface area (Å²) >= 11 is 13.2. The van der Waals surface area contributed by atoms with E-state index in [0.29, 0.717) is 34.7 Å². The Bertz CT molecular complexity index is 1780. The van der Waals surface area contributed by atoms with Crippen LogP contribution in [0.3, 0.4) is 0 Å². The van der Waals surface area contributed by atoms with E-state index in [1.54, 1.807) is 35.2 Å². The number of carbonyl (C=O) groups is 3. The van der Waals surface area contributed by atoms with Gasteiger partial charge in [0.1, 0.15) is 11.7 Å². The van der Waals surface area contributed by atoms with Crippen molar-refractivity contribution in [1.29, 1.82) is 0 Å². The first-order valence-corrected chi connectivity index (χ1v) is 15.6. The van der Waals surface area contributed by atoms with Gasteiger partial charge in [-0.2, -0.15) is 0 Å². The molecule has 0 saturated heterocycles. The molecule has 1 aliphatic rings. The normalized spacial score (nSPS) is 15.1. The van der Waals surface area contributed by atoms with Crippen LogP contribution in [0, 0.1) is 0 Å². The van der Waals surface area contributed by atoms with Gasteiger partial charge in [0.15, 0.2) is 0 Å². The van der Waals surface area contributed by atoms with Crippen molar-refractivity contribution in [2.24, 2.45) is 0 Å². The van der Waals surface area contributed by atoms with Gasteiger partial charge in [0.05, 0.1) is 15.6 Å². The quantitative estimate of drug-likeness (QED) is 0.259. The van der Waals surface area contributed by atoms with Crippen LogP contribution >= 0.6 is 23.2 Å². The van der Waals surface area contributed by atoms with Gasteiger partial charge in [-0.05, 0) is 68.8 Å². The SMILES string of the molecule is C=S(C)(=O)c1cccc(C[C@H](NC(=O)c2c(Cl)cc3c(c2Cl)CCN(C(=O)c2cc4ccccc4[nH]2)C3)C(=O)O)c1. The third-order valence-electron chi connectivity index (χ3n) is 7.12. The molecular formula is C30H27Cl2N3O5S. The van der Waals surface area contributed by atoms with E-state index < -0.39 is 27.4 Å². The van der Waals surface area contributed by atoms with Crippen LogP contribution in [0.15, 0.2) is 65.6 Å². The number of fused-ring (bicyclic) bond motifs is 2. The van der Waals surface area contributed by atoms with E-state index >= 15 is 0 Å². The van der Waals surface area contributed by atoms with Crippen molar-refractivity contribution < 1.29 is 23.7 Å². The topological polar surface area (TPSA) is 120 Å². The number of hydrogen-bond acceptors (Lipinski definition) is 4. The number of rotatable bonds is 7. The van der Waals surface area contributed by atoms with Gasteiger partial charge in [-0.3, -0.25) is 13.8 Å². The number of carboxylic acid groups (broad SMARTS) is 1. The van der Waals surface area contributed by atoms with Crippen LogP contribution in [-0.4, -0.2) is 61.7 Å². The van der Waals surface area contributed by atoms with Crippen LogP contribution in [0.2, 0.25) is 10.0 Å². The summed E-state index contributed by atoms with van der Waals surface area (Å²) in [4.78, 5) is 43.9. The number of carbonyl (C=O) groups excluding carboxylic acids is 2. The van der Waals surface area contributed by atoms with Gasteiger partial charge in [-0.25, -0.2) is 4.79 Å². The average molecular weight is 613 g/mol. The lowest BCUT2D eigenvalue weighted by Crippen LogP contribution is -2.42. The first-order valence-electron chi connectivity index (χ1n) is 12.7. The molecule has 2 heterocycles. The predicted octanol–water partition coefficient (Wildman–Crippen LogP) is 4.80. The maximum Gasteiger partial charge on any atom is 0.326 e. The highest BCUT2D eigenvalue weighted by atomic mass is 35.5. The number of aromatic amines is 1. The van der Waals surface area contributed by atoms with Gasteiger partial charge < -0.3 is 20.3 Å². The number of nitrogens with one attached hydrogen (secondary N) is 2. The van der Waals surface area contributed by atoms with Gasteiger partial charge >= 0.3 is 5.97 Å². The summed E-state index contributed by atoms with van der Waals surface area (Å²) in [5.74, 6) is 1.54. The Balaban J connectivity index is 1.35. The van der Waals surface area contributed by atoms with E-state index in [9.17, 15) is 23.7 Å². The minimum atomic E-state index is -2.50. The largest absolute Gasteiger partial charge is 0.480 e. The van der Waals surface area contributed by atoms with E-state index in [4.69, 9.17) is 23.2 Å². The second-order valence-electron chi connectivity index (χ2n) is 10.2. The molecule has 1 unspecified atom stereocenters. The highest BCUT2D eigenvalue weighted by Crippen LogP contribution is 2.35. The number of benzene rings is 3. The fourth-order valence-corrected chi connectivity index (χ4v) is 6.53. The fraction of sp³-hybridized carbons (Fsp3) is 0.200. The van der Waals surface area contributed by atoms with Gasteiger partial charge in [0, 0.05) is 41.6 Å². The molecule has 0 saturated carbocycles. The third kappa shape index (κ3) is 5.98. The monoisotopic (exact) mass is 611 g/mol. The fourth-order valence-electron chi connectivity index (χ4n) is 5.00. The molecule has 1 aromatic heterocycles. The number of nitrogens with zero attached hydrogens (tertiary/aromatic N) is 1. The highest BCUT2D eigenvalue weighted by molar-refractivity contribution is 7.99. The third-order valence-corrected chi connectivity index (χ3v) is 9.09. The molecule has 3 N–H and O–H groups in total. The number of amides is 2. The molecule has 2 amide bonds. The summed E-state index contributed by atoms with van der Waals surface area (Å²) in [7, 11) is -2.50. The molecule has 212 valence electrons. The first-order chi connectivity index (χ1) is 19.4. The van der Waals surface area contributed by atoms with Crippen molar-refractivity contribution >= 4 is 67.3 Å². The summed E-state index contributed by atoms with van der Waals surface area (Å²) in [5, 5.41) is 13.5. The van der Waals surface area contributed by atoms with Crippen molar-refractivity contribution in [1.82, 2.24) is 15.2 Å². The molecule has 0 spiro atoms. The number of H-pyrrole nitrogens is 1. The molecule has 41 heavy (non-hydrogen) atoms. The number of para-hydroxylation sites is 1. The summed E-state index contributed by atoms with van der Waals surface area (Å²) in [5.41, 5.74) is 3.32. The lowest BCUT2D eigenvalue weighted by molar-refractivity contribution is -0.139. The van der Waals surface area contributed by atoms with Gasteiger partial charge in [-0.1, -0.05) is 53.5 Å². The molecule has 1 aliphatic heterocycles. The molecule has 0 radical (unpaired) electrons. The van der Waals surface area contributed by atoms with Crippen LogP contribution in [0.4, 0.5) is 0 Å². The molecule has 8 nitrogen and oxygen atoms in total. The second kappa shape index (κ2) is 11.2. The number of carboxylic acids is 1. The van der Waals surface area contributed by atoms with Crippen LogP contribution < -0.4 is 5.32 Å². The van der Waals surface area contributed by atoms with E-state index in [1.807, 2.05) is 30.3 Å². The van der Waals surface area contributed by atoms with Crippen LogP contribution in [0.25, 0.3) is 10.9 Å². The standard InChI is InChI=1S/C30H27Cl2N3O5S/c1-41(2,40)20-8-5-6-17(12-20)13-25(30(38)39)34-28(36)26-22(31)14-19-16-35(11-10-21(19)27(26)32)29(37)24-15-18-7-3-4-9-23(18)33-24/h3-9,12,14-15,25,33H,1,10-11,13,16H2,2H3,(H,34,36)(H,38,39)/t25-,41?/m0/s1. The zero-order valence-corrected chi connectivity index (χ0v) is 24.4. The molecule has 0 aliphatic carbocycles. The molecule has 0 bridgehead atoms. The molecule has 0 fully saturated rings. The Kier molecular flexibility index (Phi) is 7.87.